The second kappa shape index (κ2) is 10.3. The van der Waals surface area contributed by atoms with Gasteiger partial charge in [0, 0.05) is 16.8 Å². The van der Waals surface area contributed by atoms with Crippen molar-refractivity contribution in [3.63, 3.8) is 0 Å². The van der Waals surface area contributed by atoms with E-state index in [0.717, 1.165) is 16.8 Å². The summed E-state index contributed by atoms with van der Waals surface area (Å²) < 4.78 is 1.55. The molecule has 0 saturated carbocycles. The van der Waals surface area contributed by atoms with Crippen LogP contribution >= 0.6 is 0 Å². The van der Waals surface area contributed by atoms with Crippen LogP contribution in [0.25, 0.3) is 5.69 Å². The predicted octanol–water partition coefficient (Wildman–Crippen LogP) is 4.37. The van der Waals surface area contributed by atoms with Crippen LogP contribution in [0.5, 0.6) is 0 Å². The number of nitrogens with one attached hydrogen (secondary N) is 2. The van der Waals surface area contributed by atoms with E-state index in [9.17, 15) is 9.59 Å². The number of rotatable bonds is 6. The summed E-state index contributed by atoms with van der Waals surface area (Å²) in [6.45, 7) is 8.19. The van der Waals surface area contributed by atoms with Crippen molar-refractivity contribution in [2.75, 3.05) is 5.32 Å². The number of benzene rings is 3. The van der Waals surface area contributed by atoms with Gasteiger partial charge in [0.1, 0.15) is 6.33 Å². The Kier molecular flexibility index (Phi) is 7.00. The Morgan fingerprint density at radius 2 is 1.39 bits per heavy atom. The lowest BCUT2D eigenvalue weighted by atomic mass is 9.87. The van der Waals surface area contributed by atoms with Crippen molar-refractivity contribution in [1.29, 1.82) is 0 Å². The number of hydrazone groups is 1. The topological polar surface area (TPSA) is 114 Å². The van der Waals surface area contributed by atoms with Crippen molar-refractivity contribution in [2.45, 2.75) is 33.1 Å². The lowest BCUT2D eigenvalue weighted by Gasteiger charge is -2.19. The van der Waals surface area contributed by atoms with E-state index in [1.807, 2.05) is 48.5 Å². The first-order chi connectivity index (χ1) is 17.2. The quantitative estimate of drug-likeness (QED) is 0.314. The summed E-state index contributed by atoms with van der Waals surface area (Å²) in [6.07, 6.45) is 1.51. The van der Waals surface area contributed by atoms with E-state index in [1.54, 1.807) is 35.9 Å². The van der Waals surface area contributed by atoms with Crippen LogP contribution in [0.3, 0.4) is 0 Å². The van der Waals surface area contributed by atoms with Crippen LogP contribution in [0.1, 0.15) is 59.5 Å². The zero-order valence-electron chi connectivity index (χ0n) is 20.6. The summed E-state index contributed by atoms with van der Waals surface area (Å²) >= 11 is 0. The Balaban J connectivity index is 1.34. The number of hydrogen-bond donors (Lipinski definition) is 2. The molecule has 0 fully saturated rings. The summed E-state index contributed by atoms with van der Waals surface area (Å²) in [4.78, 5) is 25.1. The van der Waals surface area contributed by atoms with Crippen LogP contribution < -0.4 is 10.7 Å². The Hall–Kier alpha value is -4.66. The van der Waals surface area contributed by atoms with Crippen molar-refractivity contribution in [1.82, 2.24) is 25.6 Å². The van der Waals surface area contributed by atoms with E-state index < -0.39 is 0 Å². The zero-order chi connectivity index (χ0) is 25.7. The molecule has 9 heteroatoms. The molecule has 9 nitrogen and oxygen atoms in total. The van der Waals surface area contributed by atoms with E-state index in [4.69, 9.17) is 0 Å². The fourth-order valence-electron chi connectivity index (χ4n) is 3.43. The molecule has 182 valence electrons. The van der Waals surface area contributed by atoms with Crippen LogP contribution in [0.15, 0.2) is 84.2 Å². The standard InChI is InChI=1S/C27H27N7O2/c1-18(19-9-15-24(16-10-19)34-17-28-32-33-34)30-31-26(36)21-7-13-23(14-8-21)29-25(35)20-5-11-22(12-6-20)27(2,3)4/h5-17H,1-4H3,(H,29,35)(H,31,36)/b30-18-. The van der Waals surface area contributed by atoms with E-state index in [2.05, 4.69) is 52.1 Å². The second-order valence-electron chi connectivity index (χ2n) is 9.30. The number of carbonyl (C=O) groups is 2. The van der Waals surface area contributed by atoms with Crippen LogP contribution in [0.2, 0.25) is 0 Å². The number of aromatic nitrogens is 4. The minimum Gasteiger partial charge on any atom is -0.322 e. The molecule has 0 unspecified atom stereocenters. The van der Waals surface area contributed by atoms with Gasteiger partial charge in [-0.15, -0.1) is 5.10 Å². The molecule has 0 aliphatic rings. The van der Waals surface area contributed by atoms with Gasteiger partial charge in [-0.05, 0) is 82.4 Å². The molecule has 0 spiro atoms. The highest BCUT2D eigenvalue weighted by molar-refractivity contribution is 6.05. The molecule has 4 rings (SSSR count). The van der Waals surface area contributed by atoms with E-state index >= 15 is 0 Å². The van der Waals surface area contributed by atoms with Gasteiger partial charge in [0.15, 0.2) is 0 Å². The summed E-state index contributed by atoms with van der Waals surface area (Å²) in [5.74, 6) is -0.561. The van der Waals surface area contributed by atoms with Gasteiger partial charge in [0.2, 0.25) is 0 Å². The van der Waals surface area contributed by atoms with E-state index in [-0.39, 0.29) is 17.2 Å². The van der Waals surface area contributed by atoms with E-state index in [0.29, 0.717) is 22.5 Å². The number of amides is 2. The fourth-order valence-corrected chi connectivity index (χ4v) is 3.43. The summed E-state index contributed by atoms with van der Waals surface area (Å²) in [5.41, 5.74) is 7.65. The molecule has 2 N–H and O–H groups in total. The van der Waals surface area contributed by atoms with Gasteiger partial charge in [0.25, 0.3) is 11.8 Å². The van der Waals surface area contributed by atoms with Gasteiger partial charge < -0.3 is 5.32 Å². The number of nitrogens with zero attached hydrogens (tertiary/aromatic N) is 5. The Bertz CT molecular complexity index is 1370. The maximum absolute atomic E-state index is 12.6. The number of anilines is 1. The van der Waals surface area contributed by atoms with Crippen molar-refractivity contribution >= 4 is 23.2 Å². The highest BCUT2D eigenvalue weighted by Crippen LogP contribution is 2.22. The lowest BCUT2D eigenvalue weighted by Crippen LogP contribution is -2.19. The molecule has 1 heterocycles. The van der Waals surface area contributed by atoms with Gasteiger partial charge in [-0.3, -0.25) is 9.59 Å². The Labute approximate surface area is 209 Å². The van der Waals surface area contributed by atoms with Crippen molar-refractivity contribution in [2.24, 2.45) is 5.10 Å². The van der Waals surface area contributed by atoms with Gasteiger partial charge in [-0.2, -0.15) is 5.10 Å². The third kappa shape index (κ3) is 5.87. The molecule has 36 heavy (non-hydrogen) atoms. The summed E-state index contributed by atoms with van der Waals surface area (Å²) in [6, 6.07) is 21.7. The third-order valence-electron chi connectivity index (χ3n) is 5.64. The number of hydrogen-bond acceptors (Lipinski definition) is 6. The largest absolute Gasteiger partial charge is 0.322 e. The Morgan fingerprint density at radius 3 is 1.97 bits per heavy atom. The molecule has 0 bridgehead atoms. The van der Waals surface area contributed by atoms with Crippen molar-refractivity contribution in [3.05, 3.63) is 101 Å². The van der Waals surface area contributed by atoms with Gasteiger partial charge in [0.05, 0.1) is 11.4 Å². The number of tetrazole rings is 1. The molecule has 3 aromatic carbocycles. The van der Waals surface area contributed by atoms with Gasteiger partial charge >= 0.3 is 0 Å². The molecule has 1 aromatic heterocycles. The van der Waals surface area contributed by atoms with Crippen LogP contribution in [0, 0.1) is 0 Å². The first-order valence-electron chi connectivity index (χ1n) is 11.4. The molecule has 0 aliphatic heterocycles. The fraction of sp³-hybridized carbons (Fsp3) is 0.185. The summed E-state index contributed by atoms with van der Waals surface area (Å²) in [5, 5.41) is 18.1. The molecular weight excluding hydrogens is 454 g/mol. The van der Waals surface area contributed by atoms with Crippen molar-refractivity contribution < 1.29 is 9.59 Å². The molecule has 0 aliphatic carbocycles. The first kappa shape index (κ1) is 24.5. The minimum absolute atomic E-state index is 0.0229. The first-order valence-corrected chi connectivity index (χ1v) is 11.4. The van der Waals surface area contributed by atoms with E-state index in [1.165, 1.54) is 6.33 Å². The normalized spacial score (nSPS) is 11.7. The molecule has 0 radical (unpaired) electrons. The maximum atomic E-state index is 12.6. The van der Waals surface area contributed by atoms with Gasteiger partial charge in [-0.1, -0.05) is 45.0 Å². The molecule has 2 amide bonds. The summed E-state index contributed by atoms with van der Waals surface area (Å²) in [7, 11) is 0. The molecule has 4 aromatic rings. The molecular formula is C27H27N7O2. The van der Waals surface area contributed by atoms with Gasteiger partial charge in [-0.25, -0.2) is 10.1 Å². The zero-order valence-corrected chi connectivity index (χ0v) is 20.6. The average Bonchev–Trinajstić information content (AvgIpc) is 3.42. The smallest absolute Gasteiger partial charge is 0.271 e. The SMILES string of the molecule is C/C(=N/NC(=O)c1ccc(NC(=O)c2ccc(C(C)(C)C)cc2)cc1)c1ccc(-n2cnnn2)cc1. The molecule has 0 saturated heterocycles. The van der Waals surface area contributed by atoms with Crippen LogP contribution in [-0.2, 0) is 5.41 Å². The highest BCUT2D eigenvalue weighted by atomic mass is 16.2. The number of carbonyl (C=O) groups excluding carboxylic acids is 2. The minimum atomic E-state index is -0.352. The average molecular weight is 482 g/mol. The Morgan fingerprint density at radius 1 is 0.806 bits per heavy atom. The molecule has 0 atom stereocenters. The van der Waals surface area contributed by atoms with Crippen molar-refractivity contribution in [3.8, 4) is 5.69 Å². The van der Waals surface area contributed by atoms with Crippen LogP contribution in [-0.4, -0.2) is 37.7 Å². The predicted molar refractivity (Wildman–Crippen MR) is 138 cm³/mol. The van der Waals surface area contributed by atoms with Crippen LogP contribution in [0.4, 0.5) is 5.69 Å². The third-order valence-corrected chi connectivity index (χ3v) is 5.64. The lowest BCUT2D eigenvalue weighted by molar-refractivity contribution is 0.0954. The second-order valence-corrected chi connectivity index (χ2v) is 9.30. The maximum Gasteiger partial charge on any atom is 0.271 e. The highest BCUT2D eigenvalue weighted by Gasteiger charge is 2.14. The monoisotopic (exact) mass is 481 g/mol.